The number of anilines is 1. The average Bonchev–Trinajstić information content (AvgIpc) is 3.55. The van der Waals surface area contributed by atoms with Crippen LogP contribution in [-0.4, -0.2) is 94.6 Å². The van der Waals surface area contributed by atoms with Crippen LogP contribution in [0.15, 0.2) is 89.4 Å². The van der Waals surface area contributed by atoms with Gasteiger partial charge in [-0.2, -0.15) is 5.43 Å². The molecule has 1 amide bonds. The van der Waals surface area contributed by atoms with Gasteiger partial charge in [0.15, 0.2) is 12.1 Å². The molecule has 6 aliphatic rings. The van der Waals surface area contributed by atoms with Crippen molar-refractivity contribution < 1.29 is 23.3 Å². The number of carbonyl (C=O) groups excluding carboxylic acids is 1. The van der Waals surface area contributed by atoms with Crippen molar-refractivity contribution in [1.82, 2.24) is 14.9 Å². The zero-order chi connectivity index (χ0) is 39.8. The first-order valence-corrected chi connectivity index (χ1v) is 20.9. The van der Waals surface area contributed by atoms with Crippen LogP contribution in [-0.2, 0) is 11.8 Å². The molecule has 5 unspecified atom stereocenters. The molecule has 3 aromatic rings. The molecule has 9 rings (SSSR count). The molecule has 296 valence electrons. The molecule has 0 aromatic heterocycles. The minimum Gasteiger partial charge on any atom is -0.497 e. The van der Waals surface area contributed by atoms with Gasteiger partial charge in [0.05, 0.1) is 38.2 Å². The number of likely N-dealkylation sites (tertiary alicyclic amines) is 1. The van der Waals surface area contributed by atoms with E-state index in [1.807, 2.05) is 18.2 Å². The Morgan fingerprint density at radius 3 is 2.53 bits per heavy atom. The lowest BCUT2D eigenvalue weighted by Crippen LogP contribution is -2.72. The molecule has 3 aliphatic carbocycles. The Labute approximate surface area is 336 Å². The third kappa shape index (κ3) is 5.71. The Morgan fingerprint density at radius 1 is 0.982 bits per heavy atom. The quantitative estimate of drug-likeness (QED) is 0.0538. The number of piperidine rings is 1. The molecule has 1 spiro atoms. The molecule has 9 heteroatoms. The first-order valence-electron chi connectivity index (χ1n) is 20.9. The van der Waals surface area contributed by atoms with E-state index in [0.29, 0.717) is 17.5 Å². The second-order valence-corrected chi connectivity index (χ2v) is 16.9. The maximum Gasteiger partial charge on any atom is 0.296 e. The van der Waals surface area contributed by atoms with Crippen LogP contribution in [0.3, 0.4) is 0 Å². The van der Waals surface area contributed by atoms with Crippen molar-refractivity contribution in [2.75, 3.05) is 65.9 Å². The van der Waals surface area contributed by atoms with Gasteiger partial charge in [-0.25, -0.2) is 9.17 Å². The third-order valence-corrected chi connectivity index (χ3v) is 13.9. The molecular weight excluding hydrogens is 711 g/mol. The molecule has 1 saturated heterocycles. The van der Waals surface area contributed by atoms with Crippen molar-refractivity contribution in [2.45, 2.75) is 64.1 Å². The average molecular weight is 768 g/mol. The third-order valence-electron chi connectivity index (χ3n) is 13.9. The second-order valence-electron chi connectivity index (χ2n) is 16.9. The molecule has 57 heavy (non-hydrogen) atoms. The number of likely N-dealkylation sites (N-methyl/N-ethyl adjacent to an activating group) is 2. The van der Waals surface area contributed by atoms with Crippen molar-refractivity contribution in [2.24, 2.45) is 5.92 Å². The molecule has 0 radical (unpaired) electrons. The van der Waals surface area contributed by atoms with Gasteiger partial charge in [0.2, 0.25) is 5.36 Å². The number of methoxy groups -OCH3 is 1. The number of hydrogen-bond acceptors (Lipinski definition) is 6. The fourth-order valence-corrected chi connectivity index (χ4v) is 11.0. The standard InChI is InChI=1S/C48H56N5O4/c1-9-51(10-2)31-17-19-36-41(27-31)56-42-28-32(52(11-3)12-4)18-20-37(42)44(36)34-15-13-14-16-35(34)47(54)49-53(6,7)40-22-21-38-39-26-30-25-33(55-8)29-43-45(30)48(38,46(40)57-43)23-24-50(39)5/h13-22,25,27-29,38-40,46H,9-12,23-24,26H2,1-8H3/q+1/p+1. The number of benzene rings is 4. The van der Waals surface area contributed by atoms with Gasteiger partial charge in [0.25, 0.3) is 5.91 Å². The van der Waals surface area contributed by atoms with E-state index in [9.17, 15) is 4.79 Å². The summed E-state index contributed by atoms with van der Waals surface area (Å²) in [5.41, 5.74) is 11.4. The summed E-state index contributed by atoms with van der Waals surface area (Å²) in [6.45, 7) is 13.3. The molecular formula is C48H57N5O4+2. The van der Waals surface area contributed by atoms with Gasteiger partial charge in [-0.15, -0.1) is 0 Å². The maximum atomic E-state index is 14.9. The first kappa shape index (κ1) is 37.5. The van der Waals surface area contributed by atoms with Crippen molar-refractivity contribution in [3.8, 4) is 33.9 Å². The number of nitrogens with one attached hydrogen (secondary N) is 1. The second kappa shape index (κ2) is 14.1. The predicted molar refractivity (Wildman–Crippen MR) is 228 cm³/mol. The Bertz CT molecular complexity index is 2460. The number of nitrogens with zero attached hydrogens (tertiary/aromatic N) is 4. The predicted octanol–water partition coefficient (Wildman–Crippen LogP) is 7.11. The van der Waals surface area contributed by atoms with Crippen LogP contribution in [0, 0.1) is 5.92 Å². The van der Waals surface area contributed by atoms with Crippen LogP contribution in [0.5, 0.6) is 11.5 Å². The lowest BCUT2D eigenvalue weighted by Gasteiger charge is -2.57. The molecule has 0 saturated carbocycles. The van der Waals surface area contributed by atoms with Crippen LogP contribution >= 0.6 is 0 Å². The number of carbonyl (C=O) groups is 1. The van der Waals surface area contributed by atoms with Crippen LogP contribution in [0.4, 0.5) is 5.69 Å². The largest absolute Gasteiger partial charge is 0.497 e. The van der Waals surface area contributed by atoms with Gasteiger partial charge in [-0.05, 0) is 102 Å². The lowest BCUT2D eigenvalue weighted by atomic mass is 9.53. The topological polar surface area (TPSA) is 70.2 Å². The number of fused-ring (bicyclic) bond motifs is 2. The molecule has 3 aliphatic heterocycles. The van der Waals surface area contributed by atoms with Crippen molar-refractivity contribution >= 4 is 22.6 Å². The van der Waals surface area contributed by atoms with Crippen LogP contribution in [0.25, 0.3) is 33.4 Å². The van der Waals surface area contributed by atoms with Gasteiger partial charge >= 0.3 is 0 Å². The minimum absolute atomic E-state index is 0.125. The highest BCUT2D eigenvalue weighted by atomic mass is 16.5. The summed E-state index contributed by atoms with van der Waals surface area (Å²) in [6, 6.07) is 25.6. The van der Waals surface area contributed by atoms with E-state index in [1.165, 1.54) is 11.1 Å². The molecule has 3 heterocycles. The van der Waals surface area contributed by atoms with E-state index in [1.54, 1.807) is 7.11 Å². The fraction of sp³-hybridized carbons (Fsp3) is 0.417. The van der Waals surface area contributed by atoms with Crippen molar-refractivity contribution in [3.05, 3.63) is 107 Å². The van der Waals surface area contributed by atoms with Gasteiger partial charge < -0.3 is 23.7 Å². The van der Waals surface area contributed by atoms with Crippen LogP contribution < -0.4 is 29.7 Å². The monoisotopic (exact) mass is 767 g/mol. The van der Waals surface area contributed by atoms with E-state index < -0.39 is 0 Å². The Balaban J connectivity index is 1.13. The summed E-state index contributed by atoms with van der Waals surface area (Å²) >= 11 is 0. The number of ether oxygens (including phenoxy) is 2. The summed E-state index contributed by atoms with van der Waals surface area (Å²) in [5.74, 6) is 2.78. The summed E-state index contributed by atoms with van der Waals surface area (Å²) in [4.78, 5) is 19.8. The highest BCUT2D eigenvalue weighted by Gasteiger charge is 2.66. The Hall–Kier alpha value is -5.12. The zero-order valence-corrected chi connectivity index (χ0v) is 34.8. The summed E-state index contributed by atoms with van der Waals surface area (Å²) in [7, 11) is 8.19. The molecule has 1 fully saturated rings. The normalized spacial score (nSPS) is 23.3. The van der Waals surface area contributed by atoms with E-state index >= 15 is 0 Å². The minimum atomic E-state index is -0.163. The molecule has 9 nitrogen and oxygen atoms in total. The maximum absolute atomic E-state index is 14.9. The number of amides is 1. The van der Waals surface area contributed by atoms with E-state index in [2.05, 4.69) is 135 Å². The van der Waals surface area contributed by atoms with E-state index in [-0.39, 0.29) is 28.1 Å². The molecule has 2 bridgehead atoms. The molecule has 5 atom stereocenters. The highest BCUT2D eigenvalue weighted by molar-refractivity contribution is 6.09. The van der Waals surface area contributed by atoms with Gasteiger partial charge in [0, 0.05) is 71.0 Å². The highest BCUT2D eigenvalue weighted by Crippen LogP contribution is 2.62. The first-order chi connectivity index (χ1) is 27.6. The van der Waals surface area contributed by atoms with E-state index in [4.69, 9.17) is 13.9 Å². The number of rotatable bonds is 10. The Morgan fingerprint density at radius 2 is 1.77 bits per heavy atom. The summed E-state index contributed by atoms with van der Waals surface area (Å²) in [6.07, 6.45) is 6.60. The molecule has 1 N–H and O–H groups in total. The number of quaternary nitrogens is 1. The lowest BCUT2D eigenvalue weighted by molar-refractivity contribution is -0.945. The number of hydrogen-bond donors (Lipinski definition) is 1. The zero-order valence-electron chi connectivity index (χ0n) is 34.8. The fourth-order valence-electron chi connectivity index (χ4n) is 11.0. The van der Waals surface area contributed by atoms with E-state index in [0.717, 1.165) is 102 Å². The van der Waals surface area contributed by atoms with Crippen molar-refractivity contribution in [1.29, 1.82) is 0 Å². The summed E-state index contributed by atoms with van der Waals surface area (Å²) in [5, 5.41) is 2.09. The summed E-state index contributed by atoms with van der Waals surface area (Å²) < 4.78 is 22.2. The smallest absolute Gasteiger partial charge is 0.296 e. The molecule has 3 aromatic carbocycles. The SMILES string of the molecule is CCN(CC)c1ccc2c(-c3ccccc3C(=O)N[N+](C)(C)C3C=CC4C5Cc6cc(OC)cc7c6C4(CCN5C)C3O7)c3ccc(=[N+](CC)CC)cc-3oc2c1. The van der Waals surface area contributed by atoms with Gasteiger partial charge in [-0.1, -0.05) is 24.3 Å². The van der Waals surface area contributed by atoms with Crippen molar-refractivity contribution in [3.63, 3.8) is 0 Å². The van der Waals surface area contributed by atoms with Gasteiger partial charge in [0.1, 0.15) is 35.9 Å². The van der Waals surface area contributed by atoms with Gasteiger partial charge in [-0.3, -0.25) is 4.79 Å². The van der Waals surface area contributed by atoms with Crippen LogP contribution in [0.2, 0.25) is 0 Å². The van der Waals surface area contributed by atoms with Crippen LogP contribution in [0.1, 0.15) is 55.6 Å². The Kier molecular flexibility index (Phi) is 9.24.